The minimum absolute atomic E-state index is 0.168. The van der Waals surface area contributed by atoms with E-state index in [4.69, 9.17) is 5.11 Å². The summed E-state index contributed by atoms with van der Waals surface area (Å²) in [5.74, 6) is -0.813. The monoisotopic (exact) mass is 233 g/mol. The van der Waals surface area contributed by atoms with Gasteiger partial charge in [-0.05, 0) is 24.9 Å². The highest BCUT2D eigenvalue weighted by Crippen LogP contribution is 2.33. The molecule has 0 radical (unpaired) electrons. The molecular weight excluding hydrogens is 214 g/mol. The molecule has 0 aromatic heterocycles. The SMILES string of the molecule is CCN(Cc1ccccc1)C1CCC1C(=O)O. The number of benzene rings is 1. The Morgan fingerprint density at radius 1 is 1.35 bits per heavy atom. The van der Waals surface area contributed by atoms with Gasteiger partial charge in [0.15, 0.2) is 0 Å². The number of hydrogen-bond donors (Lipinski definition) is 1. The molecule has 0 spiro atoms. The Morgan fingerprint density at radius 3 is 2.53 bits per heavy atom. The summed E-state index contributed by atoms with van der Waals surface area (Å²) in [6.45, 7) is 3.86. The van der Waals surface area contributed by atoms with Gasteiger partial charge in [0.2, 0.25) is 0 Å². The Bertz CT molecular complexity index is 377. The summed E-state index contributed by atoms with van der Waals surface area (Å²) in [5.41, 5.74) is 1.25. The Kier molecular flexibility index (Phi) is 3.79. The maximum Gasteiger partial charge on any atom is 0.308 e. The highest BCUT2D eigenvalue weighted by atomic mass is 16.4. The summed E-state index contributed by atoms with van der Waals surface area (Å²) in [4.78, 5) is 13.3. The van der Waals surface area contributed by atoms with E-state index < -0.39 is 5.97 Å². The van der Waals surface area contributed by atoms with Crippen LogP contribution in [-0.2, 0) is 11.3 Å². The van der Waals surface area contributed by atoms with Gasteiger partial charge in [-0.25, -0.2) is 0 Å². The van der Waals surface area contributed by atoms with Crippen molar-refractivity contribution in [3.05, 3.63) is 35.9 Å². The fourth-order valence-corrected chi connectivity index (χ4v) is 2.49. The molecule has 0 bridgehead atoms. The number of rotatable bonds is 5. The Labute approximate surface area is 102 Å². The van der Waals surface area contributed by atoms with Crippen LogP contribution in [0.4, 0.5) is 0 Å². The molecular formula is C14H19NO2. The van der Waals surface area contributed by atoms with Gasteiger partial charge in [0.1, 0.15) is 0 Å². The molecule has 1 aromatic carbocycles. The predicted molar refractivity (Wildman–Crippen MR) is 66.7 cm³/mol. The second-order valence-corrected chi connectivity index (χ2v) is 4.64. The molecule has 1 aromatic rings. The van der Waals surface area contributed by atoms with Crippen molar-refractivity contribution in [2.24, 2.45) is 5.92 Å². The number of carboxylic acid groups (broad SMARTS) is 1. The first-order chi connectivity index (χ1) is 8.22. The van der Waals surface area contributed by atoms with Crippen LogP contribution in [0.3, 0.4) is 0 Å². The number of carboxylic acids is 1. The highest BCUT2D eigenvalue weighted by Gasteiger charge is 2.39. The van der Waals surface area contributed by atoms with Gasteiger partial charge < -0.3 is 5.11 Å². The molecule has 1 saturated carbocycles. The van der Waals surface area contributed by atoms with E-state index in [0.29, 0.717) is 0 Å². The molecule has 1 N–H and O–H groups in total. The lowest BCUT2D eigenvalue weighted by Gasteiger charge is -2.41. The second-order valence-electron chi connectivity index (χ2n) is 4.64. The fraction of sp³-hybridized carbons (Fsp3) is 0.500. The first-order valence-corrected chi connectivity index (χ1v) is 6.23. The lowest BCUT2D eigenvalue weighted by Crippen LogP contribution is -2.49. The zero-order chi connectivity index (χ0) is 12.3. The van der Waals surface area contributed by atoms with Gasteiger partial charge in [0.25, 0.3) is 0 Å². The summed E-state index contributed by atoms with van der Waals surface area (Å²) < 4.78 is 0. The minimum atomic E-state index is -0.646. The van der Waals surface area contributed by atoms with E-state index in [-0.39, 0.29) is 12.0 Å². The van der Waals surface area contributed by atoms with Gasteiger partial charge in [0.05, 0.1) is 5.92 Å². The van der Waals surface area contributed by atoms with Gasteiger partial charge in [0, 0.05) is 12.6 Å². The molecule has 1 fully saturated rings. The van der Waals surface area contributed by atoms with Crippen LogP contribution in [0, 0.1) is 5.92 Å². The zero-order valence-electron chi connectivity index (χ0n) is 10.2. The van der Waals surface area contributed by atoms with Crippen molar-refractivity contribution in [1.29, 1.82) is 0 Å². The molecule has 17 heavy (non-hydrogen) atoms. The van der Waals surface area contributed by atoms with Crippen molar-refractivity contribution in [1.82, 2.24) is 4.90 Å². The topological polar surface area (TPSA) is 40.5 Å². The van der Waals surface area contributed by atoms with Crippen LogP contribution in [0.5, 0.6) is 0 Å². The molecule has 0 heterocycles. The molecule has 1 aliphatic carbocycles. The van der Waals surface area contributed by atoms with Gasteiger partial charge in [-0.15, -0.1) is 0 Å². The largest absolute Gasteiger partial charge is 0.481 e. The molecule has 0 aliphatic heterocycles. The van der Waals surface area contributed by atoms with Gasteiger partial charge in [-0.3, -0.25) is 9.69 Å². The molecule has 92 valence electrons. The predicted octanol–water partition coefficient (Wildman–Crippen LogP) is 2.37. The maximum absolute atomic E-state index is 11.0. The smallest absolute Gasteiger partial charge is 0.308 e. The van der Waals surface area contributed by atoms with Crippen molar-refractivity contribution in [3.8, 4) is 0 Å². The van der Waals surface area contributed by atoms with Crippen molar-refractivity contribution in [2.45, 2.75) is 32.4 Å². The van der Waals surface area contributed by atoms with Gasteiger partial charge in [-0.1, -0.05) is 37.3 Å². The molecule has 2 atom stereocenters. The maximum atomic E-state index is 11.0. The average molecular weight is 233 g/mol. The fourth-order valence-electron chi connectivity index (χ4n) is 2.49. The van der Waals surface area contributed by atoms with E-state index in [0.717, 1.165) is 25.9 Å². The van der Waals surface area contributed by atoms with Gasteiger partial charge in [-0.2, -0.15) is 0 Å². The Balaban J connectivity index is 2.00. The quantitative estimate of drug-likeness (QED) is 0.848. The molecule has 3 heteroatoms. The zero-order valence-corrected chi connectivity index (χ0v) is 10.2. The van der Waals surface area contributed by atoms with Crippen LogP contribution < -0.4 is 0 Å². The summed E-state index contributed by atoms with van der Waals surface area (Å²) in [6, 6.07) is 10.5. The van der Waals surface area contributed by atoms with Crippen LogP contribution in [0.15, 0.2) is 30.3 Å². The van der Waals surface area contributed by atoms with Crippen molar-refractivity contribution in [3.63, 3.8) is 0 Å². The van der Waals surface area contributed by atoms with Crippen LogP contribution in [0.1, 0.15) is 25.3 Å². The van der Waals surface area contributed by atoms with E-state index in [1.165, 1.54) is 5.56 Å². The molecule has 3 nitrogen and oxygen atoms in total. The van der Waals surface area contributed by atoms with E-state index in [9.17, 15) is 4.79 Å². The summed E-state index contributed by atoms with van der Waals surface area (Å²) in [6.07, 6.45) is 1.84. The van der Waals surface area contributed by atoms with Crippen LogP contribution in [0.25, 0.3) is 0 Å². The Hall–Kier alpha value is -1.35. The third-order valence-electron chi connectivity index (χ3n) is 3.66. The number of carbonyl (C=O) groups is 1. The lowest BCUT2D eigenvalue weighted by molar-refractivity contribution is -0.149. The third-order valence-corrected chi connectivity index (χ3v) is 3.66. The Morgan fingerprint density at radius 2 is 2.06 bits per heavy atom. The average Bonchev–Trinajstić information content (AvgIpc) is 2.27. The first kappa shape index (κ1) is 12.1. The van der Waals surface area contributed by atoms with E-state index in [1.54, 1.807) is 0 Å². The van der Waals surface area contributed by atoms with Crippen molar-refractivity contribution in [2.75, 3.05) is 6.54 Å². The summed E-state index contributed by atoms with van der Waals surface area (Å²) in [7, 11) is 0. The molecule has 0 saturated heterocycles. The standard InChI is InChI=1S/C14H19NO2/c1-2-15(10-11-6-4-3-5-7-11)13-9-8-12(13)14(16)17/h3-7,12-13H,2,8-10H2,1H3,(H,16,17). The second kappa shape index (κ2) is 5.32. The van der Waals surface area contributed by atoms with Crippen molar-refractivity contribution >= 4 is 5.97 Å². The lowest BCUT2D eigenvalue weighted by atomic mass is 9.78. The summed E-state index contributed by atoms with van der Waals surface area (Å²) in [5, 5.41) is 9.09. The molecule has 1 aliphatic rings. The molecule has 2 unspecified atom stereocenters. The first-order valence-electron chi connectivity index (χ1n) is 6.23. The highest BCUT2D eigenvalue weighted by molar-refractivity contribution is 5.72. The summed E-state index contributed by atoms with van der Waals surface area (Å²) >= 11 is 0. The molecule has 2 rings (SSSR count). The van der Waals surface area contributed by atoms with Crippen molar-refractivity contribution < 1.29 is 9.90 Å². The normalized spacial score (nSPS) is 23.4. The minimum Gasteiger partial charge on any atom is -0.481 e. The van der Waals surface area contributed by atoms with Gasteiger partial charge >= 0.3 is 5.97 Å². The van der Waals surface area contributed by atoms with E-state index >= 15 is 0 Å². The number of aliphatic carboxylic acids is 1. The number of nitrogens with zero attached hydrogens (tertiary/aromatic N) is 1. The van der Waals surface area contributed by atoms with Crippen LogP contribution in [-0.4, -0.2) is 28.6 Å². The van der Waals surface area contributed by atoms with E-state index in [2.05, 4.69) is 24.0 Å². The molecule has 0 amide bonds. The van der Waals surface area contributed by atoms with Crippen LogP contribution >= 0.6 is 0 Å². The number of hydrogen-bond acceptors (Lipinski definition) is 2. The third kappa shape index (κ3) is 2.67. The van der Waals surface area contributed by atoms with Crippen LogP contribution in [0.2, 0.25) is 0 Å². The van der Waals surface area contributed by atoms with E-state index in [1.807, 2.05) is 18.2 Å².